The van der Waals surface area contributed by atoms with Gasteiger partial charge in [0.2, 0.25) is 0 Å². The van der Waals surface area contributed by atoms with Gasteiger partial charge in [-0.05, 0) is 20.3 Å². The van der Waals surface area contributed by atoms with E-state index in [0.29, 0.717) is 0 Å². The summed E-state index contributed by atoms with van der Waals surface area (Å²) >= 11 is 0. The van der Waals surface area contributed by atoms with Gasteiger partial charge in [-0.15, -0.1) is 0 Å². The average Bonchev–Trinajstić information content (AvgIpc) is 2.44. The maximum absolute atomic E-state index is 4.39. The predicted octanol–water partition coefficient (Wildman–Crippen LogP) is 5.43. The lowest BCUT2D eigenvalue weighted by Gasteiger charge is -2.07. The molecule has 0 unspecified atom stereocenters. The van der Waals surface area contributed by atoms with Crippen LogP contribution in [0.5, 0.6) is 0 Å². The Bertz CT molecular complexity index is 356. The highest BCUT2D eigenvalue weighted by molar-refractivity contribution is 5.35. The Morgan fingerprint density at radius 2 is 1.38 bits per heavy atom. The molecule has 120 valence electrons. The molecule has 1 aromatic heterocycles. The zero-order chi connectivity index (χ0) is 15.3. The van der Waals surface area contributed by atoms with Gasteiger partial charge in [0, 0.05) is 18.3 Å². The van der Waals surface area contributed by atoms with Crippen LogP contribution in [-0.4, -0.2) is 16.5 Å². The summed E-state index contributed by atoms with van der Waals surface area (Å²) in [6, 6.07) is 2.02. The largest absolute Gasteiger partial charge is 0.370 e. The van der Waals surface area contributed by atoms with Crippen molar-refractivity contribution >= 4 is 5.82 Å². The second-order valence-corrected chi connectivity index (χ2v) is 6.05. The van der Waals surface area contributed by atoms with Gasteiger partial charge in [0.1, 0.15) is 11.6 Å². The number of unbranched alkanes of at least 4 members (excludes halogenated alkanes) is 9. The highest BCUT2D eigenvalue weighted by atomic mass is 15.0. The number of nitrogens with zero attached hydrogens (tertiary/aromatic N) is 2. The molecule has 0 aliphatic heterocycles. The number of rotatable bonds is 12. The predicted molar refractivity (Wildman–Crippen MR) is 91.8 cm³/mol. The fourth-order valence-corrected chi connectivity index (χ4v) is 2.64. The number of nitrogens with one attached hydrogen (secondary N) is 1. The first-order valence-corrected chi connectivity index (χ1v) is 8.78. The Morgan fingerprint density at radius 1 is 0.810 bits per heavy atom. The summed E-state index contributed by atoms with van der Waals surface area (Å²) in [5, 5.41) is 3.40. The molecule has 1 N–H and O–H groups in total. The third kappa shape index (κ3) is 9.43. The van der Waals surface area contributed by atoms with Crippen molar-refractivity contribution < 1.29 is 0 Å². The Hall–Kier alpha value is -1.12. The number of anilines is 1. The third-order valence-electron chi connectivity index (χ3n) is 3.80. The minimum absolute atomic E-state index is 0.848. The van der Waals surface area contributed by atoms with Crippen molar-refractivity contribution in [3.8, 4) is 0 Å². The van der Waals surface area contributed by atoms with Gasteiger partial charge in [-0.3, -0.25) is 0 Å². The van der Waals surface area contributed by atoms with E-state index in [-0.39, 0.29) is 0 Å². The molecule has 1 aromatic rings. The number of hydrogen-bond acceptors (Lipinski definition) is 3. The van der Waals surface area contributed by atoms with Gasteiger partial charge in [0.25, 0.3) is 0 Å². The van der Waals surface area contributed by atoms with Gasteiger partial charge in [0.15, 0.2) is 0 Å². The molecule has 1 heterocycles. The Morgan fingerprint density at radius 3 is 1.95 bits per heavy atom. The molecular weight excluding hydrogens is 258 g/mol. The van der Waals surface area contributed by atoms with Gasteiger partial charge in [-0.25, -0.2) is 9.97 Å². The van der Waals surface area contributed by atoms with Crippen molar-refractivity contribution in [3.05, 3.63) is 17.6 Å². The first-order chi connectivity index (χ1) is 10.2. The summed E-state index contributed by atoms with van der Waals surface area (Å²) in [5.41, 5.74) is 1.04. The van der Waals surface area contributed by atoms with E-state index in [9.17, 15) is 0 Å². The van der Waals surface area contributed by atoms with Crippen molar-refractivity contribution in [1.82, 2.24) is 9.97 Å². The van der Waals surface area contributed by atoms with E-state index in [0.717, 1.165) is 23.9 Å². The summed E-state index contributed by atoms with van der Waals surface area (Å²) in [6.45, 7) is 7.25. The van der Waals surface area contributed by atoms with Crippen LogP contribution in [0.2, 0.25) is 0 Å². The van der Waals surface area contributed by atoms with Crippen LogP contribution >= 0.6 is 0 Å². The van der Waals surface area contributed by atoms with E-state index in [2.05, 4.69) is 22.2 Å². The Labute approximate surface area is 131 Å². The number of aromatic nitrogens is 2. The summed E-state index contributed by atoms with van der Waals surface area (Å²) in [4.78, 5) is 8.68. The van der Waals surface area contributed by atoms with Gasteiger partial charge >= 0.3 is 0 Å². The first-order valence-electron chi connectivity index (χ1n) is 8.78. The zero-order valence-electron chi connectivity index (χ0n) is 14.2. The molecule has 0 atom stereocenters. The van der Waals surface area contributed by atoms with Crippen LogP contribution in [0, 0.1) is 13.8 Å². The van der Waals surface area contributed by atoms with E-state index in [1.165, 1.54) is 64.2 Å². The van der Waals surface area contributed by atoms with Crippen LogP contribution in [-0.2, 0) is 0 Å². The molecule has 0 aromatic carbocycles. The van der Waals surface area contributed by atoms with Gasteiger partial charge in [-0.1, -0.05) is 64.7 Å². The molecule has 0 aliphatic carbocycles. The summed E-state index contributed by atoms with van der Waals surface area (Å²) in [5.74, 6) is 1.82. The molecular formula is C18H33N3. The lowest BCUT2D eigenvalue weighted by Crippen LogP contribution is -2.05. The monoisotopic (exact) mass is 291 g/mol. The van der Waals surface area contributed by atoms with Crippen molar-refractivity contribution in [1.29, 1.82) is 0 Å². The standard InChI is InChI=1S/C18H33N3/c1-4-5-6-7-8-9-10-11-12-13-14-19-18-15-16(2)20-17(3)21-18/h15H,4-14H2,1-3H3,(H,19,20,21). The maximum atomic E-state index is 4.39. The first kappa shape index (κ1) is 17.9. The summed E-state index contributed by atoms with van der Waals surface area (Å²) in [7, 11) is 0. The minimum Gasteiger partial charge on any atom is -0.370 e. The van der Waals surface area contributed by atoms with Gasteiger partial charge < -0.3 is 5.32 Å². The van der Waals surface area contributed by atoms with Crippen molar-refractivity contribution in [2.24, 2.45) is 0 Å². The molecule has 0 amide bonds. The molecule has 1 rings (SSSR count). The van der Waals surface area contributed by atoms with Crippen LogP contribution in [0.3, 0.4) is 0 Å². The van der Waals surface area contributed by atoms with E-state index >= 15 is 0 Å². The lowest BCUT2D eigenvalue weighted by atomic mass is 10.1. The number of hydrogen-bond donors (Lipinski definition) is 1. The molecule has 0 radical (unpaired) electrons. The van der Waals surface area contributed by atoms with Crippen molar-refractivity contribution in [2.75, 3.05) is 11.9 Å². The molecule has 3 nitrogen and oxygen atoms in total. The fourth-order valence-electron chi connectivity index (χ4n) is 2.64. The van der Waals surface area contributed by atoms with Crippen molar-refractivity contribution in [2.45, 2.75) is 85.0 Å². The van der Waals surface area contributed by atoms with E-state index in [1.807, 2.05) is 19.9 Å². The third-order valence-corrected chi connectivity index (χ3v) is 3.80. The highest BCUT2D eigenvalue weighted by Gasteiger charge is 1.98. The fraction of sp³-hybridized carbons (Fsp3) is 0.778. The van der Waals surface area contributed by atoms with E-state index < -0.39 is 0 Å². The molecule has 21 heavy (non-hydrogen) atoms. The smallest absolute Gasteiger partial charge is 0.129 e. The maximum Gasteiger partial charge on any atom is 0.129 e. The summed E-state index contributed by atoms with van der Waals surface area (Å²) in [6.07, 6.45) is 13.8. The van der Waals surface area contributed by atoms with E-state index in [1.54, 1.807) is 0 Å². The normalized spacial score (nSPS) is 10.8. The molecule has 0 bridgehead atoms. The molecule has 3 heteroatoms. The SMILES string of the molecule is CCCCCCCCCCCCNc1cc(C)nc(C)n1. The van der Waals surface area contributed by atoms with E-state index in [4.69, 9.17) is 0 Å². The van der Waals surface area contributed by atoms with Crippen LogP contribution < -0.4 is 5.32 Å². The Kier molecular flexibility index (Phi) is 9.84. The highest BCUT2D eigenvalue weighted by Crippen LogP contribution is 2.11. The quantitative estimate of drug-likeness (QED) is 0.522. The van der Waals surface area contributed by atoms with Crippen LogP contribution in [0.25, 0.3) is 0 Å². The van der Waals surface area contributed by atoms with Crippen LogP contribution in [0.1, 0.15) is 82.7 Å². The minimum atomic E-state index is 0.848. The van der Waals surface area contributed by atoms with Gasteiger partial charge in [0.05, 0.1) is 0 Å². The molecule has 0 spiro atoms. The second-order valence-electron chi connectivity index (χ2n) is 6.05. The molecule has 0 saturated heterocycles. The second kappa shape index (κ2) is 11.5. The Balaban J connectivity index is 1.93. The molecule has 0 fully saturated rings. The molecule has 0 saturated carbocycles. The topological polar surface area (TPSA) is 37.8 Å². The average molecular weight is 291 g/mol. The van der Waals surface area contributed by atoms with Crippen LogP contribution in [0.4, 0.5) is 5.82 Å². The van der Waals surface area contributed by atoms with Crippen molar-refractivity contribution in [3.63, 3.8) is 0 Å². The van der Waals surface area contributed by atoms with Gasteiger partial charge in [-0.2, -0.15) is 0 Å². The molecule has 0 aliphatic rings. The number of aryl methyl sites for hydroxylation is 2. The zero-order valence-corrected chi connectivity index (χ0v) is 14.2. The summed E-state index contributed by atoms with van der Waals surface area (Å²) < 4.78 is 0. The lowest BCUT2D eigenvalue weighted by molar-refractivity contribution is 0.560. The van der Waals surface area contributed by atoms with Crippen LogP contribution in [0.15, 0.2) is 6.07 Å².